The number of rotatable bonds is 3. The van der Waals surface area contributed by atoms with Crippen molar-refractivity contribution in [3.05, 3.63) is 23.5 Å². The van der Waals surface area contributed by atoms with Gasteiger partial charge in [-0.15, -0.1) is 0 Å². The molecule has 1 unspecified atom stereocenters. The average Bonchev–Trinajstić information content (AvgIpc) is 2.70. The van der Waals surface area contributed by atoms with Crippen molar-refractivity contribution in [2.45, 2.75) is 58.8 Å². The molecule has 0 spiro atoms. The predicted molar refractivity (Wildman–Crippen MR) is 84.5 cm³/mol. The summed E-state index contributed by atoms with van der Waals surface area (Å²) in [6, 6.07) is 0. The first-order valence-corrected chi connectivity index (χ1v) is 8.74. The fourth-order valence-electron chi connectivity index (χ4n) is 2.98. The molecule has 0 fully saturated rings. The fourth-order valence-corrected chi connectivity index (χ4v) is 7.46. The van der Waals surface area contributed by atoms with E-state index >= 15 is 0 Å². The summed E-state index contributed by atoms with van der Waals surface area (Å²) in [6.45, 7) is 13.8. The van der Waals surface area contributed by atoms with Crippen molar-refractivity contribution in [1.29, 1.82) is 0 Å². The van der Waals surface area contributed by atoms with E-state index in [1.807, 2.05) is 59.8 Å². The molecule has 4 heteroatoms. The van der Waals surface area contributed by atoms with E-state index in [4.69, 9.17) is 4.74 Å². The van der Waals surface area contributed by atoms with Crippen LogP contribution in [0.15, 0.2) is 23.5 Å². The summed E-state index contributed by atoms with van der Waals surface area (Å²) in [5, 5.41) is 0.286. The minimum Gasteiger partial charge on any atom is -0.465 e. The van der Waals surface area contributed by atoms with Gasteiger partial charge in [0.1, 0.15) is 13.7 Å². The maximum atomic E-state index is 13.9. The van der Waals surface area contributed by atoms with Crippen molar-refractivity contribution < 1.29 is 14.1 Å². The van der Waals surface area contributed by atoms with Gasteiger partial charge in [0.05, 0.1) is 0 Å². The molecule has 3 nitrogen and oxygen atoms in total. The minimum atomic E-state index is -2.64. The van der Waals surface area contributed by atoms with Gasteiger partial charge >= 0.3 is 5.97 Å². The van der Waals surface area contributed by atoms with Gasteiger partial charge in [0.25, 0.3) is 0 Å². The lowest BCUT2D eigenvalue weighted by Gasteiger charge is -2.43. The molecule has 1 aliphatic carbocycles. The van der Waals surface area contributed by atoms with Gasteiger partial charge in [0.2, 0.25) is 0 Å². The molecule has 0 aromatic heterocycles. The number of ether oxygens (including phenoxy) is 1. The van der Waals surface area contributed by atoms with Crippen LogP contribution in [0.1, 0.15) is 48.5 Å². The minimum absolute atomic E-state index is 0.0665. The van der Waals surface area contributed by atoms with Crippen molar-refractivity contribution in [3.63, 3.8) is 0 Å². The first-order valence-electron chi connectivity index (χ1n) is 7.04. The van der Waals surface area contributed by atoms with Crippen LogP contribution >= 0.6 is 7.14 Å². The fraction of sp³-hybridized carbons (Fsp3) is 0.688. The molecule has 0 radical (unpaired) electrons. The van der Waals surface area contributed by atoms with Crippen molar-refractivity contribution >= 4 is 13.1 Å². The lowest BCUT2D eigenvalue weighted by atomic mass is 10.2. The van der Waals surface area contributed by atoms with Crippen molar-refractivity contribution in [2.75, 3.05) is 6.61 Å². The number of carbonyl (C=O) groups is 1. The zero-order valence-electron chi connectivity index (χ0n) is 13.7. The first-order chi connectivity index (χ1) is 8.91. The third-order valence-corrected chi connectivity index (χ3v) is 8.70. The predicted octanol–water partition coefficient (Wildman–Crippen LogP) is 4.58. The van der Waals surface area contributed by atoms with Crippen LogP contribution in [-0.2, 0) is 14.1 Å². The lowest BCUT2D eigenvalue weighted by molar-refractivity contribution is -0.141. The number of esters is 1. The van der Waals surface area contributed by atoms with Gasteiger partial charge in [0, 0.05) is 28.5 Å². The second-order valence-corrected chi connectivity index (χ2v) is 11.8. The standard InChI is InChI=1S/C16H27O3P/c1-12(17)19-11-13-9-8-10-14(13)20(18,15(2,3)4)16(5,6)7/h8-10,13H,11H2,1-7H3. The third kappa shape index (κ3) is 3.09. The Hall–Kier alpha value is -0.820. The molecule has 0 aliphatic heterocycles. The molecule has 0 N–H and O–H groups in total. The molecule has 0 aromatic carbocycles. The molecule has 1 atom stereocenters. The van der Waals surface area contributed by atoms with E-state index in [1.54, 1.807) is 0 Å². The van der Waals surface area contributed by atoms with Crippen LogP contribution in [0.5, 0.6) is 0 Å². The molecule has 0 amide bonds. The summed E-state index contributed by atoms with van der Waals surface area (Å²) >= 11 is 0. The zero-order valence-corrected chi connectivity index (χ0v) is 14.6. The van der Waals surface area contributed by atoms with Crippen LogP contribution in [0.25, 0.3) is 0 Å². The Morgan fingerprint density at radius 2 is 1.70 bits per heavy atom. The van der Waals surface area contributed by atoms with E-state index in [1.165, 1.54) is 6.92 Å². The molecule has 0 saturated heterocycles. The smallest absolute Gasteiger partial charge is 0.302 e. The van der Waals surface area contributed by atoms with E-state index in [2.05, 4.69) is 0 Å². The molecule has 114 valence electrons. The Kier molecular flexibility index (Phi) is 4.76. The van der Waals surface area contributed by atoms with E-state index < -0.39 is 7.14 Å². The first kappa shape index (κ1) is 17.2. The van der Waals surface area contributed by atoms with Crippen molar-refractivity contribution in [2.24, 2.45) is 5.92 Å². The average molecular weight is 298 g/mol. The Bertz CT molecular complexity index is 469. The summed E-state index contributed by atoms with van der Waals surface area (Å²) in [7, 11) is -2.64. The van der Waals surface area contributed by atoms with Gasteiger partial charge < -0.3 is 9.30 Å². The second kappa shape index (κ2) is 5.52. The monoisotopic (exact) mass is 298 g/mol. The molecular formula is C16H27O3P. The zero-order chi connectivity index (χ0) is 15.8. The van der Waals surface area contributed by atoms with Gasteiger partial charge in [-0.05, 0) is 0 Å². The van der Waals surface area contributed by atoms with Crippen LogP contribution in [0.3, 0.4) is 0 Å². The molecule has 1 aliphatic rings. The third-order valence-electron chi connectivity index (χ3n) is 3.71. The van der Waals surface area contributed by atoms with E-state index in [0.29, 0.717) is 0 Å². The molecule has 20 heavy (non-hydrogen) atoms. The molecule has 0 bridgehead atoms. The van der Waals surface area contributed by atoms with Gasteiger partial charge in [-0.2, -0.15) is 0 Å². The highest BCUT2D eigenvalue weighted by Crippen LogP contribution is 2.74. The van der Waals surface area contributed by atoms with Crippen LogP contribution in [-0.4, -0.2) is 22.9 Å². The molecule has 0 saturated carbocycles. The van der Waals surface area contributed by atoms with Crippen LogP contribution < -0.4 is 0 Å². The summed E-state index contributed by atoms with van der Waals surface area (Å²) in [5.74, 6) is -0.366. The Morgan fingerprint density at radius 1 is 1.20 bits per heavy atom. The highest BCUT2D eigenvalue weighted by atomic mass is 31.2. The quantitative estimate of drug-likeness (QED) is 0.566. The second-order valence-electron chi connectivity index (χ2n) is 7.34. The summed E-state index contributed by atoms with van der Waals surface area (Å²) in [6.07, 6.45) is 5.85. The summed E-state index contributed by atoms with van der Waals surface area (Å²) in [5.41, 5.74) is 0. The molecular weight excluding hydrogens is 271 g/mol. The maximum absolute atomic E-state index is 13.9. The Morgan fingerprint density at radius 3 is 2.10 bits per heavy atom. The molecule has 0 heterocycles. The lowest BCUT2D eigenvalue weighted by Crippen LogP contribution is -2.31. The van der Waals surface area contributed by atoms with Crippen LogP contribution in [0.4, 0.5) is 0 Å². The maximum Gasteiger partial charge on any atom is 0.302 e. The van der Waals surface area contributed by atoms with Gasteiger partial charge in [-0.3, -0.25) is 4.79 Å². The van der Waals surface area contributed by atoms with E-state index in [9.17, 15) is 9.36 Å². The molecule has 1 rings (SSSR count). The van der Waals surface area contributed by atoms with Crippen molar-refractivity contribution in [3.8, 4) is 0 Å². The number of carbonyl (C=O) groups excluding carboxylic acids is 1. The Labute approximate surface area is 122 Å². The highest BCUT2D eigenvalue weighted by molar-refractivity contribution is 7.71. The van der Waals surface area contributed by atoms with Gasteiger partial charge in [-0.1, -0.05) is 59.8 Å². The number of allylic oxidation sites excluding steroid dienone is 2. The van der Waals surface area contributed by atoms with Gasteiger partial charge in [0.15, 0.2) is 0 Å². The van der Waals surface area contributed by atoms with Gasteiger partial charge in [-0.25, -0.2) is 0 Å². The topological polar surface area (TPSA) is 43.4 Å². The SMILES string of the molecule is CC(=O)OCC1C=CC=C1P(=O)(C(C)(C)C)C(C)(C)C. The normalized spacial score (nSPS) is 19.9. The molecule has 0 aromatic rings. The van der Waals surface area contributed by atoms with Crippen LogP contribution in [0.2, 0.25) is 0 Å². The van der Waals surface area contributed by atoms with E-state index in [0.717, 1.165) is 5.31 Å². The number of hydrogen-bond acceptors (Lipinski definition) is 3. The highest BCUT2D eigenvalue weighted by Gasteiger charge is 2.50. The largest absolute Gasteiger partial charge is 0.465 e. The number of hydrogen-bond donors (Lipinski definition) is 0. The summed E-state index contributed by atoms with van der Waals surface area (Å²) < 4.78 is 19.0. The van der Waals surface area contributed by atoms with E-state index in [-0.39, 0.29) is 28.8 Å². The van der Waals surface area contributed by atoms with Crippen molar-refractivity contribution in [1.82, 2.24) is 0 Å². The Balaban J connectivity index is 3.18. The van der Waals surface area contributed by atoms with Crippen LogP contribution in [0, 0.1) is 5.92 Å². The summed E-state index contributed by atoms with van der Waals surface area (Å²) in [4.78, 5) is 11.0.